The van der Waals surface area contributed by atoms with Crippen molar-refractivity contribution >= 4 is 5.69 Å². The average molecular weight is 326 g/mol. The molecule has 0 aliphatic carbocycles. The van der Waals surface area contributed by atoms with Gasteiger partial charge in [-0.15, -0.1) is 0 Å². The fourth-order valence-corrected chi connectivity index (χ4v) is 3.74. The van der Waals surface area contributed by atoms with Gasteiger partial charge in [-0.2, -0.15) is 5.10 Å². The Balaban J connectivity index is 1.96. The van der Waals surface area contributed by atoms with Gasteiger partial charge in [-0.3, -0.25) is 4.68 Å². The van der Waals surface area contributed by atoms with Gasteiger partial charge >= 0.3 is 0 Å². The summed E-state index contributed by atoms with van der Waals surface area (Å²) in [5.74, 6) is 0. The summed E-state index contributed by atoms with van der Waals surface area (Å²) < 4.78 is 2.01. The molecule has 2 N–H and O–H groups in total. The van der Waals surface area contributed by atoms with Gasteiger partial charge in [-0.25, -0.2) is 0 Å². The fraction of sp³-hybridized carbons (Fsp3) is 0.550. The number of fused-ring (bicyclic) bond motifs is 1. The Kier molecular flexibility index (Phi) is 4.68. The molecule has 0 fully saturated rings. The van der Waals surface area contributed by atoms with Crippen molar-refractivity contribution in [2.75, 3.05) is 18.0 Å². The van der Waals surface area contributed by atoms with Crippen LogP contribution in [0.2, 0.25) is 0 Å². The van der Waals surface area contributed by atoms with Crippen molar-refractivity contribution in [3.05, 3.63) is 47.3 Å². The van der Waals surface area contributed by atoms with Crippen molar-refractivity contribution < 1.29 is 0 Å². The number of hydrogen-bond donors (Lipinski definition) is 1. The van der Waals surface area contributed by atoms with E-state index in [9.17, 15) is 0 Å². The zero-order valence-corrected chi connectivity index (χ0v) is 15.4. The van der Waals surface area contributed by atoms with E-state index >= 15 is 0 Å². The molecule has 1 aliphatic heterocycles. The molecule has 2 aromatic rings. The third-order valence-electron chi connectivity index (χ3n) is 5.36. The number of aromatic nitrogens is 2. The first-order valence-corrected chi connectivity index (χ1v) is 9.07. The lowest BCUT2D eigenvalue weighted by molar-refractivity contribution is 0.445. The normalized spacial score (nSPS) is 17.6. The van der Waals surface area contributed by atoms with Gasteiger partial charge in [-0.1, -0.05) is 26.8 Å². The zero-order valence-electron chi connectivity index (χ0n) is 15.4. The first-order chi connectivity index (χ1) is 11.4. The van der Waals surface area contributed by atoms with Crippen LogP contribution in [-0.2, 0) is 18.4 Å². The fourth-order valence-electron chi connectivity index (χ4n) is 3.74. The summed E-state index contributed by atoms with van der Waals surface area (Å²) in [6.07, 6.45) is 6.09. The van der Waals surface area contributed by atoms with Crippen LogP contribution in [0.1, 0.15) is 56.8 Å². The number of benzene rings is 1. The Morgan fingerprint density at radius 2 is 2.08 bits per heavy atom. The Labute approximate surface area is 145 Å². The molecule has 0 saturated heterocycles. The Bertz CT molecular complexity index is 686. The summed E-state index contributed by atoms with van der Waals surface area (Å²) in [5, 5.41) is 4.33. The minimum absolute atomic E-state index is 0.0725. The summed E-state index contributed by atoms with van der Waals surface area (Å²) in [6, 6.07) is 6.81. The molecule has 0 amide bonds. The second-order valence-corrected chi connectivity index (χ2v) is 7.60. The van der Waals surface area contributed by atoms with Gasteiger partial charge in [0.05, 0.1) is 6.54 Å². The standard InChI is InChI=1S/C20H30N4/c1-5-16-13-18-19(14-17(16)15(2)21)23(10-7-20(18,3)4)11-12-24-9-6-8-22-24/h6,8-9,13-15H,5,7,10-12,21H2,1-4H3. The molecule has 2 heterocycles. The highest BCUT2D eigenvalue weighted by Crippen LogP contribution is 2.42. The maximum Gasteiger partial charge on any atom is 0.0584 e. The van der Waals surface area contributed by atoms with Crippen molar-refractivity contribution in [3.8, 4) is 0 Å². The summed E-state index contributed by atoms with van der Waals surface area (Å²) in [4.78, 5) is 2.51. The molecule has 1 aromatic heterocycles. The summed E-state index contributed by atoms with van der Waals surface area (Å²) in [7, 11) is 0. The van der Waals surface area contributed by atoms with Gasteiger partial charge in [0, 0.05) is 37.2 Å². The largest absolute Gasteiger partial charge is 0.369 e. The molecule has 4 nitrogen and oxygen atoms in total. The van der Waals surface area contributed by atoms with E-state index in [4.69, 9.17) is 5.73 Å². The van der Waals surface area contributed by atoms with E-state index in [1.807, 2.05) is 23.1 Å². The Morgan fingerprint density at radius 3 is 2.71 bits per heavy atom. The predicted octanol–water partition coefficient (Wildman–Crippen LogP) is 3.65. The molecule has 4 heteroatoms. The maximum absolute atomic E-state index is 6.25. The van der Waals surface area contributed by atoms with Gasteiger partial charge in [0.25, 0.3) is 0 Å². The molecule has 130 valence electrons. The van der Waals surface area contributed by atoms with Crippen molar-refractivity contribution in [2.45, 2.75) is 58.5 Å². The molecule has 0 bridgehead atoms. The van der Waals surface area contributed by atoms with Crippen LogP contribution in [0.4, 0.5) is 5.69 Å². The van der Waals surface area contributed by atoms with Gasteiger partial charge in [-0.05, 0) is 54.0 Å². The van der Waals surface area contributed by atoms with Crippen molar-refractivity contribution in [2.24, 2.45) is 5.73 Å². The van der Waals surface area contributed by atoms with Gasteiger partial charge in [0.2, 0.25) is 0 Å². The second kappa shape index (κ2) is 6.60. The molecule has 1 atom stereocenters. The molecule has 0 spiro atoms. The summed E-state index contributed by atoms with van der Waals surface area (Å²) in [6.45, 7) is 12.0. The highest BCUT2D eigenvalue weighted by Gasteiger charge is 2.32. The number of hydrogen-bond acceptors (Lipinski definition) is 3. The molecular formula is C20H30N4. The monoisotopic (exact) mass is 326 g/mol. The molecule has 0 saturated carbocycles. The Morgan fingerprint density at radius 1 is 1.29 bits per heavy atom. The van der Waals surface area contributed by atoms with Crippen LogP contribution in [0.15, 0.2) is 30.6 Å². The number of nitrogens with two attached hydrogens (primary N) is 1. The molecule has 1 aliphatic rings. The van der Waals surface area contributed by atoms with E-state index < -0.39 is 0 Å². The summed E-state index contributed by atoms with van der Waals surface area (Å²) in [5.41, 5.74) is 12.0. The highest BCUT2D eigenvalue weighted by molar-refractivity contribution is 5.62. The zero-order chi connectivity index (χ0) is 17.3. The number of aryl methyl sites for hydroxylation is 1. The van der Waals surface area contributed by atoms with Crippen LogP contribution in [-0.4, -0.2) is 22.9 Å². The van der Waals surface area contributed by atoms with E-state index in [1.165, 1.54) is 28.8 Å². The van der Waals surface area contributed by atoms with Gasteiger partial charge in [0.1, 0.15) is 0 Å². The number of nitrogens with zero attached hydrogens (tertiary/aromatic N) is 3. The van der Waals surface area contributed by atoms with Crippen molar-refractivity contribution in [1.82, 2.24) is 9.78 Å². The first-order valence-electron chi connectivity index (χ1n) is 9.07. The van der Waals surface area contributed by atoms with E-state index in [0.29, 0.717) is 0 Å². The SMILES string of the molecule is CCc1cc2c(cc1C(C)N)N(CCn1cccn1)CCC2(C)C. The quantitative estimate of drug-likeness (QED) is 0.912. The maximum atomic E-state index is 6.25. The van der Waals surface area contributed by atoms with E-state index in [0.717, 1.165) is 26.1 Å². The lowest BCUT2D eigenvalue weighted by Crippen LogP contribution is -2.39. The predicted molar refractivity (Wildman–Crippen MR) is 101 cm³/mol. The second-order valence-electron chi connectivity index (χ2n) is 7.60. The minimum Gasteiger partial charge on any atom is -0.369 e. The van der Waals surface area contributed by atoms with Crippen LogP contribution in [0.25, 0.3) is 0 Å². The van der Waals surface area contributed by atoms with Crippen LogP contribution < -0.4 is 10.6 Å². The summed E-state index contributed by atoms with van der Waals surface area (Å²) >= 11 is 0. The van der Waals surface area contributed by atoms with Crippen LogP contribution >= 0.6 is 0 Å². The van der Waals surface area contributed by atoms with Crippen LogP contribution in [0.5, 0.6) is 0 Å². The van der Waals surface area contributed by atoms with Crippen LogP contribution in [0, 0.1) is 0 Å². The molecule has 24 heavy (non-hydrogen) atoms. The van der Waals surface area contributed by atoms with Crippen molar-refractivity contribution in [3.63, 3.8) is 0 Å². The average Bonchev–Trinajstić information content (AvgIpc) is 3.06. The topological polar surface area (TPSA) is 47.1 Å². The minimum atomic E-state index is 0.0725. The smallest absolute Gasteiger partial charge is 0.0584 e. The Hall–Kier alpha value is -1.81. The van der Waals surface area contributed by atoms with E-state index in [1.54, 1.807) is 0 Å². The van der Waals surface area contributed by atoms with E-state index in [-0.39, 0.29) is 11.5 Å². The van der Waals surface area contributed by atoms with E-state index in [2.05, 4.69) is 49.8 Å². The number of anilines is 1. The molecular weight excluding hydrogens is 296 g/mol. The third kappa shape index (κ3) is 3.20. The van der Waals surface area contributed by atoms with Gasteiger partial charge in [0.15, 0.2) is 0 Å². The molecule has 3 rings (SSSR count). The first kappa shape index (κ1) is 17.0. The van der Waals surface area contributed by atoms with Crippen molar-refractivity contribution in [1.29, 1.82) is 0 Å². The molecule has 1 unspecified atom stereocenters. The van der Waals surface area contributed by atoms with Gasteiger partial charge < -0.3 is 10.6 Å². The lowest BCUT2D eigenvalue weighted by Gasteiger charge is -2.41. The lowest BCUT2D eigenvalue weighted by atomic mass is 9.76. The molecule has 0 radical (unpaired) electrons. The highest BCUT2D eigenvalue weighted by atomic mass is 15.3. The molecule has 1 aromatic carbocycles. The third-order valence-corrected chi connectivity index (χ3v) is 5.36. The number of rotatable bonds is 5. The van der Waals surface area contributed by atoms with Crippen LogP contribution in [0.3, 0.4) is 0 Å².